The molecule has 0 aromatic heterocycles. The van der Waals surface area contributed by atoms with Gasteiger partial charge in [0.2, 0.25) is 0 Å². The van der Waals surface area contributed by atoms with Gasteiger partial charge in [-0.2, -0.15) is 0 Å². The fourth-order valence-electron chi connectivity index (χ4n) is 1.34. The average molecular weight is 238 g/mol. The van der Waals surface area contributed by atoms with Crippen LogP contribution in [-0.4, -0.2) is 24.6 Å². The number of phenolic OH excluding ortho intramolecular Hbond substituents is 1. The Hall–Kier alpha value is -1.71. The molecule has 4 heteroatoms. The molecule has 0 fully saturated rings. The molecule has 0 saturated carbocycles. The van der Waals surface area contributed by atoms with Crippen molar-refractivity contribution in [3.63, 3.8) is 0 Å². The van der Waals surface area contributed by atoms with E-state index in [-0.39, 0.29) is 11.3 Å². The number of carbonyl (C=O) groups is 1. The van der Waals surface area contributed by atoms with E-state index in [2.05, 4.69) is 0 Å². The molecule has 1 N–H and O–H groups in total. The molecule has 1 aromatic rings. The third-order valence-electron chi connectivity index (χ3n) is 2.15. The molecule has 0 spiro atoms. The maximum absolute atomic E-state index is 10.9. The number of phenols is 1. The van der Waals surface area contributed by atoms with Gasteiger partial charge in [0.05, 0.1) is 18.8 Å². The molecular weight excluding hydrogens is 220 g/mol. The zero-order valence-electron chi connectivity index (χ0n) is 10.2. The molecule has 94 valence electrons. The largest absolute Gasteiger partial charge is 0.507 e. The van der Waals surface area contributed by atoms with Crippen molar-refractivity contribution in [3.05, 3.63) is 17.7 Å². The molecule has 0 bridgehead atoms. The zero-order chi connectivity index (χ0) is 12.7. The highest BCUT2D eigenvalue weighted by Crippen LogP contribution is 2.32. The van der Waals surface area contributed by atoms with Gasteiger partial charge in [0, 0.05) is 12.1 Å². The Bertz CT molecular complexity index is 374. The van der Waals surface area contributed by atoms with Crippen molar-refractivity contribution in [2.24, 2.45) is 0 Å². The number of rotatable bonds is 7. The van der Waals surface area contributed by atoms with Crippen LogP contribution in [0.3, 0.4) is 0 Å². The molecule has 1 rings (SSSR count). The number of aldehydes is 1. The van der Waals surface area contributed by atoms with E-state index in [9.17, 15) is 9.90 Å². The van der Waals surface area contributed by atoms with Crippen molar-refractivity contribution in [3.8, 4) is 17.2 Å². The molecule has 0 amide bonds. The maximum atomic E-state index is 10.9. The van der Waals surface area contributed by atoms with E-state index in [1.807, 2.05) is 13.8 Å². The molecule has 0 radical (unpaired) electrons. The van der Waals surface area contributed by atoms with Crippen molar-refractivity contribution in [2.45, 2.75) is 26.7 Å². The molecule has 4 nitrogen and oxygen atoms in total. The summed E-state index contributed by atoms with van der Waals surface area (Å²) in [4.78, 5) is 10.9. The van der Waals surface area contributed by atoms with Crippen LogP contribution < -0.4 is 9.47 Å². The van der Waals surface area contributed by atoms with E-state index < -0.39 is 0 Å². The molecule has 0 atom stereocenters. The first-order valence-corrected chi connectivity index (χ1v) is 5.80. The Labute approximate surface area is 101 Å². The summed E-state index contributed by atoms with van der Waals surface area (Å²) < 4.78 is 10.8. The standard InChI is InChI=1S/C13H18O4/c1-3-5-16-10-7-12(15)11(9-14)13(8-10)17-6-4-2/h7-9,15H,3-6H2,1-2H3. The van der Waals surface area contributed by atoms with Crippen LogP contribution in [0.5, 0.6) is 17.2 Å². The summed E-state index contributed by atoms with van der Waals surface area (Å²) in [6.07, 6.45) is 2.30. The summed E-state index contributed by atoms with van der Waals surface area (Å²) >= 11 is 0. The second-order valence-electron chi connectivity index (χ2n) is 3.67. The average Bonchev–Trinajstić information content (AvgIpc) is 2.33. The van der Waals surface area contributed by atoms with Gasteiger partial charge in [-0.1, -0.05) is 13.8 Å². The smallest absolute Gasteiger partial charge is 0.157 e. The number of carbonyl (C=O) groups excluding carboxylic acids is 1. The minimum absolute atomic E-state index is 0.111. The third kappa shape index (κ3) is 3.66. The van der Waals surface area contributed by atoms with Gasteiger partial charge in [0.25, 0.3) is 0 Å². The van der Waals surface area contributed by atoms with Crippen LogP contribution >= 0.6 is 0 Å². The van der Waals surface area contributed by atoms with Gasteiger partial charge in [-0.25, -0.2) is 0 Å². The monoisotopic (exact) mass is 238 g/mol. The van der Waals surface area contributed by atoms with E-state index in [0.29, 0.717) is 31.0 Å². The van der Waals surface area contributed by atoms with Gasteiger partial charge in [0.1, 0.15) is 17.2 Å². The maximum Gasteiger partial charge on any atom is 0.157 e. The molecule has 0 heterocycles. The lowest BCUT2D eigenvalue weighted by Crippen LogP contribution is -2.01. The number of hydrogen-bond donors (Lipinski definition) is 1. The molecule has 0 aliphatic carbocycles. The molecule has 17 heavy (non-hydrogen) atoms. The lowest BCUT2D eigenvalue weighted by Gasteiger charge is -2.12. The van der Waals surface area contributed by atoms with Crippen LogP contribution in [0.15, 0.2) is 12.1 Å². The molecule has 0 unspecified atom stereocenters. The lowest BCUT2D eigenvalue weighted by atomic mass is 10.2. The van der Waals surface area contributed by atoms with Crippen LogP contribution in [0, 0.1) is 0 Å². The summed E-state index contributed by atoms with van der Waals surface area (Å²) in [6, 6.07) is 3.06. The summed E-state index contributed by atoms with van der Waals surface area (Å²) in [5.74, 6) is 0.772. The second-order valence-corrected chi connectivity index (χ2v) is 3.67. The highest BCUT2D eigenvalue weighted by Gasteiger charge is 2.11. The summed E-state index contributed by atoms with van der Waals surface area (Å²) in [6.45, 7) is 5.02. The van der Waals surface area contributed by atoms with Crippen molar-refractivity contribution in [1.82, 2.24) is 0 Å². The number of ether oxygens (including phenoxy) is 2. The minimum atomic E-state index is -0.111. The summed E-state index contributed by atoms with van der Waals surface area (Å²) in [5, 5.41) is 9.68. The van der Waals surface area contributed by atoms with Crippen molar-refractivity contribution >= 4 is 6.29 Å². The van der Waals surface area contributed by atoms with Gasteiger partial charge < -0.3 is 14.6 Å². The first-order valence-electron chi connectivity index (χ1n) is 5.80. The van der Waals surface area contributed by atoms with E-state index in [1.165, 1.54) is 6.07 Å². The number of aromatic hydroxyl groups is 1. The minimum Gasteiger partial charge on any atom is -0.507 e. The molecule has 0 saturated heterocycles. The van der Waals surface area contributed by atoms with Gasteiger partial charge in [-0.15, -0.1) is 0 Å². The molecule has 0 aliphatic heterocycles. The predicted molar refractivity (Wildman–Crippen MR) is 65.1 cm³/mol. The van der Waals surface area contributed by atoms with Crippen LogP contribution in [0.1, 0.15) is 37.0 Å². The lowest BCUT2D eigenvalue weighted by molar-refractivity contribution is 0.111. The van der Waals surface area contributed by atoms with Gasteiger partial charge >= 0.3 is 0 Å². The van der Waals surface area contributed by atoms with E-state index in [4.69, 9.17) is 9.47 Å². The number of benzene rings is 1. The highest BCUT2D eigenvalue weighted by molar-refractivity contribution is 5.84. The van der Waals surface area contributed by atoms with Crippen LogP contribution in [0.25, 0.3) is 0 Å². The summed E-state index contributed by atoms with van der Waals surface area (Å²) in [5.41, 5.74) is 0.169. The Morgan fingerprint density at radius 2 is 1.82 bits per heavy atom. The van der Waals surface area contributed by atoms with Crippen molar-refractivity contribution in [1.29, 1.82) is 0 Å². The van der Waals surface area contributed by atoms with Gasteiger partial charge in [0.15, 0.2) is 6.29 Å². The zero-order valence-corrected chi connectivity index (χ0v) is 10.2. The fraction of sp³-hybridized carbons (Fsp3) is 0.462. The Kier molecular flexibility index (Phi) is 5.33. The third-order valence-corrected chi connectivity index (χ3v) is 2.15. The normalized spacial score (nSPS) is 10.0. The Balaban J connectivity index is 2.96. The second kappa shape index (κ2) is 6.78. The van der Waals surface area contributed by atoms with Crippen LogP contribution in [0.4, 0.5) is 0 Å². The number of hydrogen-bond acceptors (Lipinski definition) is 4. The SMILES string of the molecule is CCCOc1cc(O)c(C=O)c(OCCC)c1. The Morgan fingerprint density at radius 3 is 2.41 bits per heavy atom. The van der Waals surface area contributed by atoms with E-state index in [1.54, 1.807) is 6.07 Å². The quantitative estimate of drug-likeness (QED) is 0.742. The molecule has 0 aliphatic rings. The topological polar surface area (TPSA) is 55.8 Å². The van der Waals surface area contributed by atoms with Crippen LogP contribution in [0.2, 0.25) is 0 Å². The first-order chi connectivity index (χ1) is 8.22. The van der Waals surface area contributed by atoms with Crippen molar-refractivity contribution < 1.29 is 19.4 Å². The highest BCUT2D eigenvalue weighted by atomic mass is 16.5. The fourth-order valence-corrected chi connectivity index (χ4v) is 1.34. The van der Waals surface area contributed by atoms with E-state index in [0.717, 1.165) is 12.8 Å². The molecular formula is C13H18O4. The van der Waals surface area contributed by atoms with Crippen molar-refractivity contribution in [2.75, 3.05) is 13.2 Å². The Morgan fingerprint density at radius 1 is 1.18 bits per heavy atom. The molecule has 1 aromatic carbocycles. The van der Waals surface area contributed by atoms with Crippen LogP contribution in [-0.2, 0) is 0 Å². The van der Waals surface area contributed by atoms with E-state index >= 15 is 0 Å². The first kappa shape index (κ1) is 13.4. The predicted octanol–water partition coefficient (Wildman–Crippen LogP) is 2.78. The van der Waals surface area contributed by atoms with Gasteiger partial charge in [-0.05, 0) is 12.8 Å². The van der Waals surface area contributed by atoms with Gasteiger partial charge in [-0.3, -0.25) is 4.79 Å². The summed E-state index contributed by atoms with van der Waals surface area (Å²) in [7, 11) is 0.